The molecule has 0 amide bonds. The topological polar surface area (TPSA) is 63.2 Å². The summed E-state index contributed by atoms with van der Waals surface area (Å²) in [6, 6.07) is 8.43. The summed E-state index contributed by atoms with van der Waals surface area (Å²) in [6.07, 6.45) is 5.92. The number of fused-ring (bicyclic) bond motifs is 1. The molecule has 4 rings (SSSR count). The van der Waals surface area contributed by atoms with E-state index in [0.717, 1.165) is 42.7 Å². The summed E-state index contributed by atoms with van der Waals surface area (Å²) >= 11 is 0. The van der Waals surface area contributed by atoms with E-state index < -0.39 is 0 Å². The Hall–Kier alpha value is -2.05. The van der Waals surface area contributed by atoms with Gasteiger partial charge >= 0.3 is 0 Å². The Labute approximate surface area is 148 Å². The number of hydrogen-bond acceptors (Lipinski definition) is 6. The van der Waals surface area contributed by atoms with Gasteiger partial charge in [0.2, 0.25) is 0 Å². The fourth-order valence-corrected chi connectivity index (χ4v) is 3.70. The van der Waals surface area contributed by atoms with Crippen molar-refractivity contribution in [2.24, 2.45) is 0 Å². The van der Waals surface area contributed by atoms with Gasteiger partial charge < -0.3 is 10.1 Å². The summed E-state index contributed by atoms with van der Waals surface area (Å²) in [7, 11) is 0. The zero-order valence-corrected chi connectivity index (χ0v) is 14.7. The summed E-state index contributed by atoms with van der Waals surface area (Å²) < 4.78 is 6.05. The zero-order valence-electron chi connectivity index (χ0n) is 14.7. The molecule has 0 aliphatic carbocycles. The molecule has 2 atom stereocenters. The number of morpholine rings is 1. The predicted octanol–water partition coefficient (Wildman–Crippen LogP) is 2.51. The van der Waals surface area contributed by atoms with Gasteiger partial charge in [-0.05, 0) is 38.4 Å². The summed E-state index contributed by atoms with van der Waals surface area (Å²) in [6.45, 7) is 5.75. The molecule has 2 saturated heterocycles. The average Bonchev–Trinajstić information content (AvgIpc) is 2.66. The monoisotopic (exact) mass is 339 g/mol. The molecule has 0 aromatic carbocycles. The number of ether oxygens (including phenoxy) is 1. The summed E-state index contributed by atoms with van der Waals surface area (Å²) in [5.41, 5.74) is 1.71. The molecule has 1 N–H and O–H groups in total. The van der Waals surface area contributed by atoms with E-state index >= 15 is 0 Å². The Morgan fingerprint density at radius 2 is 2.20 bits per heavy atom. The molecule has 6 heteroatoms. The molecule has 2 aliphatic heterocycles. The van der Waals surface area contributed by atoms with Gasteiger partial charge in [-0.3, -0.25) is 9.88 Å². The van der Waals surface area contributed by atoms with Crippen LogP contribution >= 0.6 is 0 Å². The van der Waals surface area contributed by atoms with Crippen LogP contribution in [0.3, 0.4) is 0 Å². The van der Waals surface area contributed by atoms with Gasteiger partial charge in [-0.15, -0.1) is 0 Å². The van der Waals surface area contributed by atoms with E-state index in [1.165, 1.54) is 25.8 Å². The minimum atomic E-state index is 0.211. The highest BCUT2D eigenvalue weighted by Crippen LogP contribution is 2.23. The van der Waals surface area contributed by atoms with E-state index in [9.17, 15) is 0 Å². The number of nitrogens with zero attached hydrogens (tertiary/aromatic N) is 4. The smallest absolute Gasteiger partial charge is 0.130 e. The lowest BCUT2D eigenvalue weighted by atomic mass is 10.0. The summed E-state index contributed by atoms with van der Waals surface area (Å²) in [5.74, 6) is 1.57. The highest BCUT2D eigenvalue weighted by molar-refractivity contribution is 5.58. The molecule has 0 spiro atoms. The van der Waals surface area contributed by atoms with Gasteiger partial charge in [0, 0.05) is 31.4 Å². The quantitative estimate of drug-likeness (QED) is 0.923. The van der Waals surface area contributed by atoms with Crippen molar-refractivity contribution in [1.29, 1.82) is 0 Å². The Bertz CT molecular complexity index is 708. The summed E-state index contributed by atoms with van der Waals surface area (Å²) in [4.78, 5) is 16.0. The molecule has 0 saturated carbocycles. The number of nitrogens with one attached hydrogen (secondary N) is 1. The van der Waals surface area contributed by atoms with Crippen LogP contribution in [0.1, 0.15) is 25.1 Å². The molecule has 132 valence electrons. The van der Waals surface area contributed by atoms with Gasteiger partial charge in [0.25, 0.3) is 0 Å². The average molecular weight is 339 g/mol. The molecule has 4 heterocycles. The van der Waals surface area contributed by atoms with Gasteiger partial charge in [-0.1, -0.05) is 12.5 Å². The first kappa shape index (κ1) is 16.4. The third-order valence-corrected chi connectivity index (χ3v) is 4.99. The van der Waals surface area contributed by atoms with Crippen molar-refractivity contribution in [3.05, 3.63) is 36.3 Å². The molecule has 2 fully saturated rings. The maximum absolute atomic E-state index is 6.05. The Kier molecular flexibility index (Phi) is 4.90. The number of aryl methyl sites for hydroxylation is 1. The lowest BCUT2D eigenvalue weighted by molar-refractivity contribution is -0.0689. The molecule has 25 heavy (non-hydrogen) atoms. The number of anilines is 1. The normalized spacial score (nSPS) is 23.9. The SMILES string of the molecule is Cc1nc(NCC2CN3CCCCC3CO2)cc(-c2ccccn2)n1. The predicted molar refractivity (Wildman–Crippen MR) is 97.4 cm³/mol. The first-order chi connectivity index (χ1) is 12.3. The van der Waals surface area contributed by atoms with Crippen LogP contribution in [0.4, 0.5) is 5.82 Å². The lowest BCUT2D eigenvalue weighted by Gasteiger charge is -2.42. The second-order valence-corrected chi connectivity index (χ2v) is 6.88. The van der Waals surface area contributed by atoms with E-state index in [2.05, 4.69) is 25.2 Å². The number of pyridine rings is 1. The van der Waals surface area contributed by atoms with Crippen molar-refractivity contribution in [2.75, 3.05) is 31.6 Å². The number of rotatable bonds is 4. The van der Waals surface area contributed by atoms with Crippen LogP contribution in [0.2, 0.25) is 0 Å². The first-order valence-electron chi connectivity index (χ1n) is 9.14. The molecular weight excluding hydrogens is 314 g/mol. The van der Waals surface area contributed by atoms with Crippen LogP contribution in [0.25, 0.3) is 11.4 Å². The fourth-order valence-electron chi connectivity index (χ4n) is 3.70. The van der Waals surface area contributed by atoms with Crippen molar-refractivity contribution >= 4 is 5.82 Å². The molecular formula is C19H25N5O. The van der Waals surface area contributed by atoms with E-state index in [1.807, 2.05) is 31.2 Å². The lowest BCUT2D eigenvalue weighted by Crippen LogP contribution is -2.53. The van der Waals surface area contributed by atoms with Crippen molar-refractivity contribution in [3.8, 4) is 11.4 Å². The minimum absolute atomic E-state index is 0.211. The van der Waals surface area contributed by atoms with Crippen LogP contribution in [-0.4, -0.2) is 58.2 Å². The first-order valence-corrected chi connectivity index (χ1v) is 9.14. The van der Waals surface area contributed by atoms with Gasteiger partial charge in [0.05, 0.1) is 24.1 Å². The van der Waals surface area contributed by atoms with Gasteiger partial charge in [0.1, 0.15) is 11.6 Å². The molecule has 0 radical (unpaired) electrons. The summed E-state index contributed by atoms with van der Waals surface area (Å²) in [5, 5.41) is 3.43. The number of hydrogen-bond donors (Lipinski definition) is 1. The van der Waals surface area contributed by atoms with E-state index in [0.29, 0.717) is 6.04 Å². The third-order valence-electron chi connectivity index (χ3n) is 4.99. The van der Waals surface area contributed by atoms with Crippen LogP contribution < -0.4 is 5.32 Å². The highest BCUT2D eigenvalue weighted by Gasteiger charge is 2.30. The molecule has 0 bridgehead atoms. The standard InChI is InChI=1S/C19H25N5O/c1-14-22-18(17-7-2-4-8-20-17)10-19(23-14)21-11-16-12-24-9-5-3-6-15(24)13-25-16/h2,4,7-8,10,15-16H,3,5-6,9,11-13H2,1H3,(H,21,22,23). The third kappa shape index (κ3) is 3.96. The minimum Gasteiger partial charge on any atom is -0.373 e. The molecule has 2 unspecified atom stereocenters. The molecule has 2 aromatic heterocycles. The van der Waals surface area contributed by atoms with Crippen molar-refractivity contribution in [1.82, 2.24) is 19.9 Å². The van der Waals surface area contributed by atoms with Crippen LogP contribution in [-0.2, 0) is 4.74 Å². The van der Waals surface area contributed by atoms with Crippen LogP contribution in [0, 0.1) is 6.92 Å². The Morgan fingerprint density at radius 1 is 1.24 bits per heavy atom. The fraction of sp³-hybridized carbons (Fsp3) is 0.526. The number of aromatic nitrogens is 3. The van der Waals surface area contributed by atoms with Crippen molar-refractivity contribution < 1.29 is 4.74 Å². The molecule has 2 aromatic rings. The van der Waals surface area contributed by atoms with Gasteiger partial charge in [-0.25, -0.2) is 9.97 Å². The maximum Gasteiger partial charge on any atom is 0.130 e. The molecule has 2 aliphatic rings. The van der Waals surface area contributed by atoms with Gasteiger partial charge in [0.15, 0.2) is 0 Å². The van der Waals surface area contributed by atoms with E-state index in [4.69, 9.17) is 4.74 Å². The molecule has 6 nitrogen and oxygen atoms in total. The van der Waals surface area contributed by atoms with Crippen molar-refractivity contribution in [3.63, 3.8) is 0 Å². The largest absolute Gasteiger partial charge is 0.373 e. The van der Waals surface area contributed by atoms with Crippen LogP contribution in [0.5, 0.6) is 0 Å². The van der Waals surface area contributed by atoms with Crippen LogP contribution in [0.15, 0.2) is 30.5 Å². The van der Waals surface area contributed by atoms with Crippen molar-refractivity contribution in [2.45, 2.75) is 38.3 Å². The number of piperidine rings is 1. The second kappa shape index (κ2) is 7.45. The van der Waals surface area contributed by atoms with Gasteiger partial charge in [-0.2, -0.15) is 0 Å². The second-order valence-electron chi connectivity index (χ2n) is 6.88. The van der Waals surface area contributed by atoms with E-state index in [-0.39, 0.29) is 6.10 Å². The Balaban J connectivity index is 1.40. The Morgan fingerprint density at radius 3 is 3.08 bits per heavy atom. The maximum atomic E-state index is 6.05. The highest BCUT2D eigenvalue weighted by atomic mass is 16.5. The van der Waals surface area contributed by atoms with E-state index in [1.54, 1.807) is 6.20 Å². The zero-order chi connectivity index (χ0) is 17.1.